The van der Waals surface area contributed by atoms with Crippen LogP contribution in [-0.2, 0) is 0 Å². The van der Waals surface area contributed by atoms with Crippen molar-refractivity contribution >= 4 is 38.6 Å². The molecule has 0 aromatic carbocycles. The van der Waals surface area contributed by atoms with Gasteiger partial charge in [-0.1, -0.05) is 0 Å². The van der Waals surface area contributed by atoms with Gasteiger partial charge in [-0.25, -0.2) is 0 Å². The first-order chi connectivity index (χ1) is 7.56. The molecule has 1 atom stereocenters. The summed E-state index contributed by atoms with van der Waals surface area (Å²) in [6.07, 6.45) is 1.87. The number of aromatic nitrogens is 2. The molecule has 0 amide bonds. The van der Waals surface area contributed by atoms with Gasteiger partial charge in [-0.2, -0.15) is 0 Å². The monoisotopic (exact) mass is 307 g/mol. The third kappa shape index (κ3) is 3.32. The van der Waals surface area contributed by atoms with Gasteiger partial charge in [0, 0.05) is 0 Å². The Balaban J connectivity index is 2.87. The second-order valence-electron chi connectivity index (χ2n) is 2.99. The number of nitro groups is 1. The van der Waals surface area contributed by atoms with Crippen LogP contribution in [0.25, 0.3) is 0 Å². The van der Waals surface area contributed by atoms with E-state index in [2.05, 4.69) is 9.97 Å². The molecule has 1 rings (SSSR count). The van der Waals surface area contributed by atoms with Crippen LogP contribution in [-0.4, -0.2) is 38.4 Å². The number of rotatable bonds is 5. The summed E-state index contributed by atoms with van der Waals surface area (Å²) in [5, 5.41) is 10.4. The van der Waals surface area contributed by atoms with Gasteiger partial charge in [0.05, 0.1) is 0 Å². The van der Waals surface area contributed by atoms with E-state index < -0.39 is 4.92 Å². The maximum absolute atomic E-state index is 10.6. The van der Waals surface area contributed by atoms with E-state index in [0.717, 1.165) is 29.7 Å². The zero-order chi connectivity index (χ0) is 12.1. The van der Waals surface area contributed by atoms with Gasteiger partial charge < -0.3 is 0 Å². The molecule has 0 spiro atoms. The maximum atomic E-state index is 10.6. The van der Waals surface area contributed by atoms with Crippen molar-refractivity contribution < 1.29 is 9.66 Å². The van der Waals surface area contributed by atoms with Crippen molar-refractivity contribution in [3.8, 4) is 6.01 Å². The molecule has 0 fully saturated rings. The topological polar surface area (TPSA) is 78.2 Å². The van der Waals surface area contributed by atoms with Gasteiger partial charge in [0.25, 0.3) is 0 Å². The molecular formula is C8H11AsClN3O3. The average molecular weight is 308 g/mol. The Bertz CT molecular complexity index is 379. The molecule has 0 aliphatic rings. The van der Waals surface area contributed by atoms with Gasteiger partial charge in [0.2, 0.25) is 0 Å². The van der Waals surface area contributed by atoms with E-state index in [1.807, 2.05) is 6.92 Å². The summed E-state index contributed by atoms with van der Waals surface area (Å²) >= 11 is 6.69. The molecule has 0 N–H and O–H groups in total. The van der Waals surface area contributed by atoms with E-state index in [-0.39, 0.29) is 21.3 Å². The van der Waals surface area contributed by atoms with E-state index in [0.29, 0.717) is 6.61 Å². The SMILES string of the molecule is CCCCOc1nc(Cl)c([N+](=O)[O-])c([AsH2])n1. The first-order valence-electron chi connectivity index (χ1n) is 4.66. The van der Waals surface area contributed by atoms with Gasteiger partial charge in [-0.05, 0) is 0 Å². The minimum absolute atomic E-state index is 0.100. The minimum atomic E-state index is -0.588. The van der Waals surface area contributed by atoms with Gasteiger partial charge in [0.1, 0.15) is 0 Å². The van der Waals surface area contributed by atoms with Crippen molar-refractivity contribution in [1.29, 1.82) is 0 Å². The van der Waals surface area contributed by atoms with Crippen LogP contribution in [0.15, 0.2) is 0 Å². The van der Waals surface area contributed by atoms with Crippen molar-refractivity contribution in [2.45, 2.75) is 19.8 Å². The van der Waals surface area contributed by atoms with Crippen LogP contribution in [0.1, 0.15) is 19.8 Å². The van der Waals surface area contributed by atoms with Crippen LogP contribution < -0.4 is 9.22 Å². The van der Waals surface area contributed by atoms with Crippen LogP contribution in [0.2, 0.25) is 5.15 Å². The summed E-state index contributed by atoms with van der Waals surface area (Å²) in [7, 11) is 0. The standard InChI is InChI=1S/C8H11AsClN3O3/c1-2-3-4-16-8-11-6(9)5(13(14)15)7(10)12-8/h2-4,9H2,1H3. The van der Waals surface area contributed by atoms with Gasteiger partial charge in [-0.3, -0.25) is 0 Å². The zero-order valence-corrected chi connectivity index (χ0v) is 11.8. The fourth-order valence-electron chi connectivity index (χ4n) is 0.965. The van der Waals surface area contributed by atoms with Crippen molar-refractivity contribution in [3.63, 3.8) is 0 Å². The molecule has 0 aliphatic carbocycles. The molecule has 88 valence electrons. The first kappa shape index (κ1) is 13.2. The summed E-state index contributed by atoms with van der Waals surface area (Å²) in [6, 6.07) is 0.100. The molecular weight excluding hydrogens is 296 g/mol. The first-order valence-corrected chi connectivity index (χ1v) is 6.25. The van der Waals surface area contributed by atoms with Gasteiger partial charge in [-0.15, -0.1) is 0 Å². The molecule has 1 aromatic rings. The number of hydrogen-bond acceptors (Lipinski definition) is 5. The van der Waals surface area contributed by atoms with Crippen molar-refractivity contribution in [2.24, 2.45) is 0 Å². The third-order valence-corrected chi connectivity index (χ3v) is 2.87. The van der Waals surface area contributed by atoms with Crippen LogP contribution in [0.5, 0.6) is 6.01 Å². The molecule has 6 nitrogen and oxygen atoms in total. The van der Waals surface area contributed by atoms with Crippen LogP contribution >= 0.6 is 11.6 Å². The summed E-state index contributed by atoms with van der Waals surface area (Å²) in [4.78, 5) is 17.7. The van der Waals surface area contributed by atoms with E-state index in [1.54, 1.807) is 0 Å². The molecule has 1 aromatic heterocycles. The normalized spacial score (nSPS) is 10.2. The number of unbranched alkanes of at least 4 members (excludes halogenated alkanes) is 1. The fourth-order valence-corrected chi connectivity index (χ4v) is 2.13. The predicted octanol–water partition coefficient (Wildman–Crippen LogP) is 0.476. The Hall–Kier alpha value is -0.872. The average Bonchev–Trinajstić information content (AvgIpc) is 2.16. The van der Waals surface area contributed by atoms with E-state index >= 15 is 0 Å². The van der Waals surface area contributed by atoms with Crippen molar-refractivity contribution in [1.82, 2.24) is 9.97 Å². The molecule has 0 saturated heterocycles. The predicted molar refractivity (Wildman–Crippen MR) is 62.3 cm³/mol. The van der Waals surface area contributed by atoms with E-state index in [9.17, 15) is 10.1 Å². The molecule has 16 heavy (non-hydrogen) atoms. The Kier molecular flexibility index (Phi) is 4.96. The quantitative estimate of drug-likeness (QED) is 0.260. The zero-order valence-electron chi connectivity index (χ0n) is 8.64. The molecule has 1 heterocycles. The summed E-state index contributed by atoms with van der Waals surface area (Å²) in [5.41, 5.74) is -0.246. The Morgan fingerprint density at radius 3 is 2.75 bits per heavy atom. The number of nitrogens with zero attached hydrogens (tertiary/aromatic N) is 3. The second kappa shape index (κ2) is 6.01. The van der Waals surface area contributed by atoms with Crippen molar-refractivity contribution in [2.75, 3.05) is 6.61 Å². The number of halogens is 1. The number of ether oxygens (including phenoxy) is 1. The van der Waals surface area contributed by atoms with Crippen molar-refractivity contribution in [3.05, 3.63) is 15.3 Å². The number of hydrogen-bond donors (Lipinski definition) is 0. The van der Waals surface area contributed by atoms with E-state index in [4.69, 9.17) is 16.3 Å². The Labute approximate surface area is 106 Å². The van der Waals surface area contributed by atoms with Crippen LogP contribution in [0.3, 0.4) is 0 Å². The molecule has 0 saturated carbocycles. The van der Waals surface area contributed by atoms with Gasteiger partial charge >= 0.3 is 106 Å². The Morgan fingerprint density at radius 1 is 1.56 bits per heavy atom. The molecule has 0 bridgehead atoms. The fraction of sp³-hybridized carbons (Fsp3) is 0.500. The molecule has 0 aliphatic heterocycles. The van der Waals surface area contributed by atoms with E-state index in [1.165, 1.54) is 0 Å². The second-order valence-corrected chi connectivity index (χ2v) is 4.50. The molecule has 1 unspecified atom stereocenters. The summed E-state index contributed by atoms with van der Waals surface area (Å²) in [5.74, 6) is 0. The van der Waals surface area contributed by atoms with Crippen LogP contribution in [0.4, 0.5) is 5.69 Å². The third-order valence-electron chi connectivity index (χ3n) is 1.76. The Morgan fingerprint density at radius 2 is 2.25 bits per heavy atom. The molecule has 0 radical (unpaired) electrons. The van der Waals surface area contributed by atoms with Gasteiger partial charge in [0.15, 0.2) is 0 Å². The van der Waals surface area contributed by atoms with Crippen LogP contribution in [0, 0.1) is 10.1 Å². The molecule has 8 heteroatoms. The summed E-state index contributed by atoms with van der Waals surface area (Å²) < 4.78 is 5.49. The summed E-state index contributed by atoms with van der Waals surface area (Å²) in [6.45, 7) is 2.51.